The summed E-state index contributed by atoms with van der Waals surface area (Å²) in [6.07, 6.45) is 5.11. The number of aryl methyl sites for hydroxylation is 1. The molecule has 8 heteroatoms. The monoisotopic (exact) mass is 408 g/mol. The van der Waals surface area contributed by atoms with Crippen LogP contribution in [-0.4, -0.2) is 26.0 Å². The summed E-state index contributed by atoms with van der Waals surface area (Å²) in [5.41, 5.74) is 5.53. The van der Waals surface area contributed by atoms with Crippen molar-refractivity contribution < 1.29 is 14.3 Å². The summed E-state index contributed by atoms with van der Waals surface area (Å²) in [6, 6.07) is 3.85. The van der Waals surface area contributed by atoms with Gasteiger partial charge in [-0.15, -0.1) is 0 Å². The van der Waals surface area contributed by atoms with Crippen LogP contribution in [0.25, 0.3) is 32.4 Å². The first-order chi connectivity index (χ1) is 14.0. The van der Waals surface area contributed by atoms with Crippen LogP contribution in [0, 0.1) is 12.8 Å². The fraction of sp³-hybridized carbons (Fsp3) is 0.333. The van der Waals surface area contributed by atoms with Crippen LogP contribution in [0.4, 0.5) is 5.13 Å². The minimum Gasteiger partial charge on any atom is -0.443 e. The molecule has 148 valence electrons. The van der Waals surface area contributed by atoms with Gasteiger partial charge in [-0.25, -0.2) is 9.97 Å². The first-order valence-electron chi connectivity index (χ1n) is 9.67. The second kappa shape index (κ2) is 6.89. The number of hydrogen-bond donors (Lipinski definition) is 2. The maximum absolute atomic E-state index is 12.1. The molecule has 0 saturated heterocycles. The second-order valence-electron chi connectivity index (χ2n) is 7.43. The van der Waals surface area contributed by atoms with Gasteiger partial charge in [0.2, 0.25) is 5.91 Å². The second-order valence-corrected chi connectivity index (χ2v) is 8.43. The Morgan fingerprint density at radius 3 is 2.90 bits per heavy atom. The highest BCUT2D eigenvalue weighted by Crippen LogP contribution is 2.40. The lowest BCUT2D eigenvalue weighted by Crippen LogP contribution is -2.12. The SMILES string of the molecule is CC[C@H](O)c1cc(C)c(-c2cc3nc(NC(=O)C4CC4)sc3c3ncoc23)cn1. The number of rotatable bonds is 5. The summed E-state index contributed by atoms with van der Waals surface area (Å²) in [5, 5.41) is 13.6. The third-order valence-electron chi connectivity index (χ3n) is 5.29. The van der Waals surface area contributed by atoms with E-state index in [0.29, 0.717) is 22.8 Å². The number of hydrogen-bond acceptors (Lipinski definition) is 7. The zero-order valence-electron chi connectivity index (χ0n) is 16.1. The zero-order valence-corrected chi connectivity index (χ0v) is 16.9. The number of nitrogens with one attached hydrogen (secondary N) is 1. The lowest BCUT2D eigenvalue weighted by molar-refractivity contribution is -0.117. The van der Waals surface area contributed by atoms with Crippen molar-refractivity contribution in [1.29, 1.82) is 0 Å². The minimum absolute atomic E-state index is 0.0331. The van der Waals surface area contributed by atoms with Crippen LogP contribution in [0.3, 0.4) is 0 Å². The molecule has 0 bridgehead atoms. The molecule has 1 aliphatic rings. The van der Waals surface area contributed by atoms with E-state index >= 15 is 0 Å². The third-order valence-corrected chi connectivity index (χ3v) is 6.28. The van der Waals surface area contributed by atoms with Gasteiger partial charge in [-0.05, 0) is 43.9 Å². The Hall–Kier alpha value is -2.84. The average Bonchev–Trinajstić information content (AvgIpc) is 3.31. The lowest BCUT2D eigenvalue weighted by atomic mass is 9.99. The highest BCUT2D eigenvalue weighted by molar-refractivity contribution is 7.23. The van der Waals surface area contributed by atoms with E-state index in [0.717, 1.165) is 45.3 Å². The number of aliphatic hydroxyl groups excluding tert-OH is 1. The van der Waals surface area contributed by atoms with Gasteiger partial charge in [0, 0.05) is 23.2 Å². The topological polar surface area (TPSA) is 101 Å². The van der Waals surface area contributed by atoms with Crippen molar-refractivity contribution in [2.24, 2.45) is 5.92 Å². The van der Waals surface area contributed by atoms with Crippen LogP contribution in [0.1, 0.15) is 43.5 Å². The van der Waals surface area contributed by atoms with Crippen molar-refractivity contribution in [1.82, 2.24) is 15.0 Å². The van der Waals surface area contributed by atoms with E-state index in [-0.39, 0.29) is 11.8 Å². The Bertz CT molecular complexity index is 1240. The molecule has 1 fully saturated rings. The van der Waals surface area contributed by atoms with Crippen molar-refractivity contribution in [2.45, 2.75) is 39.2 Å². The Morgan fingerprint density at radius 2 is 2.17 bits per heavy atom. The Morgan fingerprint density at radius 1 is 1.34 bits per heavy atom. The molecule has 0 radical (unpaired) electrons. The third kappa shape index (κ3) is 3.18. The van der Waals surface area contributed by atoms with Gasteiger partial charge >= 0.3 is 0 Å². The van der Waals surface area contributed by atoms with Gasteiger partial charge in [0.1, 0.15) is 5.52 Å². The number of thiazole rings is 1. The molecule has 0 unspecified atom stereocenters. The number of aliphatic hydroxyl groups is 1. The molecule has 1 saturated carbocycles. The molecule has 1 aromatic carbocycles. The fourth-order valence-corrected chi connectivity index (χ4v) is 4.40. The van der Waals surface area contributed by atoms with Gasteiger partial charge in [0.25, 0.3) is 0 Å². The lowest BCUT2D eigenvalue weighted by Gasteiger charge is -2.11. The van der Waals surface area contributed by atoms with Crippen molar-refractivity contribution >= 4 is 43.7 Å². The predicted molar refractivity (Wildman–Crippen MR) is 112 cm³/mol. The highest BCUT2D eigenvalue weighted by Gasteiger charge is 2.30. The molecule has 3 heterocycles. The molecule has 5 rings (SSSR count). The first kappa shape index (κ1) is 18.2. The van der Waals surface area contributed by atoms with Crippen LogP contribution in [0.5, 0.6) is 0 Å². The van der Waals surface area contributed by atoms with Gasteiger partial charge in [0.05, 0.1) is 22.0 Å². The molecule has 1 amide bonds. The number of oxazole rings is 1. The van der Waals surface area contributed by atoms with Crippen LogP contribution in [0.2, 0.25) is 0 Å². The average molecular weight is 408 g/mol. The van der Waals surface area contributed by atoms with Gasteiger partial charge < -0.3 is 14.8 Å². The Kier molecular flexibility index (Phi) is 4.33. The molecular weight excluding hydrogens is 388 g/mol. The number of fused-ring (bicyclic) bond motifs is 3. The number of carbonyl (C=O) groups is 1. The number of nitrogens with zero attached hydrogens (tertiary/aromatic N) is 3. The maximum atomic E-state index is 12.1. The Balaban J connectivity index is 1.62. The van der Waals surface area contributed by atoms with Crippen molar-refractivity contribution in [3.05, 3.63) is 36.0 Å². The number of benzene rings is 1. The highest BCUT2D eigenvalue weighted by atomic mass is 32.1. The summed E-state index contributed by atoms with van der Waals surface area (Å²) < 4.78 is 6.59. The summed E-state index contributed by atoms with van der Waals surface area (Å²) in [5.74, 6) is 0.154. The summed E-state index contributed by atoms with van der Waals surface area (Å²) >= 11 is 1.41. The van der Waals surface area contributed by atoms with Gasteiger partial charge in [-0.1, -0.05) is 18.3 Å². The molecule has 1 atom stereocenters. The predicted octanol–water partition coefficient (Wildman–Crippen LogP) is 4.60. The summed E-state index contributed by atoms with van der Waals surface area (Å²) in [4.78, 5) is 25.5. The van der Waals surface area contributed by atoms with Crippen LogP contribution >= 0.6 is 11.3 Å². The zero-order chi connectivity index (χ0) is 20.1. The van der Waals surface area contributed by atoms with Gasteiger partial charge in [-0.2, -0.15) is 0 Å². The van der Waals surface area contributed by atoms with Gasteiger partial charge in [0.15, 0.2) is 17.1 Å². The number of amides is 1. The molecule has 29 heavy (non-hydrogen) atoms. The largest absolute Gasteiger partial charge is 0.443 e. The van der Waals surface area contributed by atoms with Crippen molar-refractivity contribution in [3.63, 3.8) is 0 Å². The summed E-state index contributed by atoms with van der Waals surface area (Å²) in [7, 11) is 0. The normalized spacial score (nSPS) is 15.1. The molecule has 0 aliphatic heterocycles. The van der Waals surface area contributed by atoms with E-state index in [9.17, 15) is 9.90 Å². The van der Waals surface area contributed by atoms with E-state index in [2.05, 4.69) is 20.3 Å². The van der Waals surface area contributed by atoms with Crippen molar-refractivity contribution in [2.75, 3.05) is 5.32 Å². The fourth-order valence-electron chi connectivity index (χ4n) is 3.46. The van der Waals surface area contributed by atoms with Crippen LogP contribution in [-0.2, 0) is 4.79 Å². The van der Waals surface area contributed by atoms with E-state index < -0.39 is 6.10 Å². The number of carbonyl (C=O) groups excluding carboxylic acids is 1. The number of pyridine rings is 1. The first-order valence-corrected chi connectivity index (χ1v) is 10.5. The quantitative estimate of drug-likeness (QED) is 0.500. The van der Waals surface area contributed by atoms with E-state index in [1.165, 1.54) is 17.7 Å². The molecule has 7 nitrogen and oxygen atoms in total. The maximum Gasteiger partial charge on any atom is 0.229 e. The smallest absolute Gasteiger partial charge is 0.229 e. The molecule has 3 aromatic heterocycles. The van der Waals surface area contributed by atoms with Gasteiger partial charge in [-0.3, -0.25) is 9.78 Å². The Labute approximate surface area is 170 Å². The number of anilines is 1. The molecule has 1 aliphatic carbocycles. The minimum atomic E-state index is -0.577. The standard InChI is InChI=1S/C21H20N4O3S/c1-3-16(26)14-6-10(2)13(8-22-14)12-7-15-19(17-18(12)28-9-23-17)29-21(24-15)25-20(27)11-4-5-11/h6-9,11,16,26H,3-5H2,1-2H3,(H,24,25,27)/t16-/m0/s1. The molecule has 0 spiro atoms. The van der Waals surface area contributed by atoms with Crippen LogP contribution in [0.15, 0.2) is 29.1 Å². The number of aromatic nitrogens is 3. The van der Waals surface area contributed by atoms with E-state index in [4.69, 9.17) is 4.42 Å². The van der Waals surface area contributed by atoms with Crippen LogP contribution < -0.4 is 5.32 Å². The van der Waals surface area contributed by atoms with E-state index in [1.807, 2.05) is 26.0 Å². The molecule has 4 aromatic rings. The van der Waals surface area contributed by atoms with E-state index in [1.54, 1.807) is 6.20 Å². The molecular formula is C21H20N4O3S. The van der Waals surface area contributed by atoms with Crippen molar-refractivity contribution in [3.8, 4) is 11.1 Å². The molecule has 2 N–H and O–H groups in total. The summed E-state index contributed by atoms with van der Waals surface area (Å²) in [6.45, 7) is 3.90.